The molecule has 1 aromatic carbocycles. The van der Waals surface area contributed by atoms with E-state index in [0.29, 0.717) is 30.1 Å². The van der Waals surface area contributed by atoms with Crippen LogP contribution in [0.4, 0.5) is 0 Å². The van der Waals surface area contributed by atoms with Gasteiger partial charge in [0.05, 0.1) is 39.2 Å². The summed E-state index contributed by atoms with van der Waals surface area (Å²) in [5.41, 5.74) is -0.164. The molecule has 1 fully saturated rings. The van der Waals surface area contributed by atoms with Crippen molar-refractivity contribution in [1.29, 1.82) is 0 Å². The molecule has 2 rings (SSSR count). The fraction of sp³-hybridized carbons (Fsp3) is 0.500. The fourth-order valence-electron chi connectivity index (χ4n) is 2.71. The van der Waals surface area contributed by atoms with Gasteiger partial charge >= 0.3 is 5.97 Å². The van der Waals surface area contributed by atoms with E-state index in [-0.39, 0.29) is 25.4 Å². The zero-order chi connectivity index (χ0) is 16.9. The van der Waals surface area contributed by atoms with Crippen molar-refractivity contribution in [2.24, 2.45) is 0 Å². The molecule has 0 bridgehead atoms. The number of carbonyl (C=O) groups excluding carboxylic acids is 1. The van der Waals surface area contributed by atoms with Crippen molar-refractivity contribution in [2.45, 2.75) is 24.8 Å². The van der Waals surface area contributed by atoms with Crippen LogP contribution in [0.25, 0.3) is 0 Å². The van der Waals surface area contributed by atoms with Gasteiger partial charge in [-0.1, -0.05) is 0 Å². The van der Waals surface area contributed by atoms with Crippen molar-refractivity contribution < 1.29 is 28.9 Å². The number of rotatable bonds is 7. The first-order valence-corrected chi connectivity index (χ1v) is 7.29. The summed E-state index contributed by atoms with van der Waals surface area (Å²) in [6.07, 6.45) is 0.399. The average Bonchev–Trinajstić information content (AvgIpc) is 2.93. The second-order valence-corrected chi connectivity index (χ2v) is 5.56. The third kappa shape index (κ3) is 4.35. The Bertz CT molecular complexity index is 580. The van der Waals surface area contributed by atoms with Crippen molar-refractivity contribution >= 4 is 11.9 Å². The normalized spacial score (nSPS) is 20.1. The quantitative estimate of drug-likeness (QED) is 0.777. The number of benzene rings is 1. The highest BCUT2D eigenvalue weighted by Gasteiger charge is 2.38. The van der Waals surface area contributed by atoms with Crippen molar-refractivity contribution in [3.63, 3.8) is 0 Å². The van der Waals surface area contributed by atoms with Crippen LogP contribution in [0, 0.1) is 0 Å². The van der Waals surface area contributed by atoms with Crippen LogP contribution in [-0.2, 0) is 20.7 Å². The van der Waals surface area contributed by atoms with Crippen molar-refractivity contribution in [3.8, 4) is 11.5 Å². The smallest absolute Gasteiger partial charge is 0.305 e. The maximum Gasteiger partial charge on any atom is 0.305 e. The number of carboxylic acids is 1. The molecule has 7 heteroatoms. The zero-order valence-corrected chi connectivity index (χ0v) is 13.3. The Hall–Kier alpha value is -2.28. The van der Waals surface area contributed by atoms with Gasteiger partial charge in [-0.2, -0.15) is 0 Å². The van der Waals surface area contributed by atoms with Crippen LogP contribution in [0.2, 0.25) is 0 Å². The van der Waals surface area contributed by atoms with Crippen molar-refractivity contribution in [3.05, 3.63) is 23.8 Å². The van der Waals surface area contributed by atoms with Gasteiger partial charge in [0.2, 0.25) is 5.91 Å². The molecule has 0 aromatic heterocycles. The molecular weight excluding hydrogens is 302 g/mol. The third-order valence-corrected chi connectivity index (χ3v) is 3.84. The van der Waals surface area contributed by atoms with E-state index < -0.39 is 11.5 Å². The number of nitrogens with one attached hydrogen (secondary N) is 1. The maximum atomic E-state index is 12.4. The fourth-order valence-corrected chi connectivity index (χ4v) is 2.71. The molecule has 0 saturated carbocycles. The highest BCUT2D eigenvalue weighted by Crippen LogP contribution is 2.26. The Balaban J connectivity index is 2.10. The van der Waals surface area contributed by atoms with Gasteiger partial charge in [-0.05, 0) is 24.6 Å². The number of carbonyl (C=O) groups is 2. The SMILES string of the molecule is COc1ccc(OC)c(CC(=O)NC2(CC(=O)O)CCOC2)c1. The Morgan fingerprint density at radius 2 is 2.13 bits per heavy atom. The molecule has 1 saturated heterocycles. The van der Waals surface area contributed by atoms with Gasteiger partial charge in [-0.3, -0.25) is 9.59 Å². The standard InChI is InChI=1S/C16H21NO6/c1-21-12-3-4-13(22-2)11(7-12)8-14(18)17-16(9-15(19)20)5-6-23-10-16/h3-4,7H,5-6,8-10H2,1-2H3,(H,17,18)(H,19,20). The molecule has 23 heavy (non-hydrogen) atoms. The summed E-state index contributed by atoms with van der Waals surface area (Å²) in [6.45, 7) is 0.649. The lowest BCUT2D eigenvalue weighted by molar-refractivity contribution is -0.139. The first kappa shape index (κ1) is 17.1. The van der Waals surface area contributed by atoms with E-state index in [1.807, 2.05) is 0 Å². The van der Waals surface area contributed by atoms with E-state index in [0.717, 1.165) is 0 Å². The zero-order valence-electron chi connectivity index (χ0n) is 13.3. The van der Waals surface area contributed by atoms with E-state index in [9.17, 15) is 9.59 Å². The lowest BCUT2D eigenvalue weighted by Gasteiger charge is -2.27. The first-order chi connectivity index (χ1) is 11.0. The van der Waals surface area contributed by atoms with E-state index in [1.54, 1.807) is 25.3 Å². The summed E-state index contributed by atoms with van der Waals surface area (Å²) in [4.78, 5) is 23.4. The summed E-state index contributed by atoms with van der Waals surface area (Å²) in [7, 11) is 3.07. The molecule has 1 aliphatic rings. The highest BCUT2D eigenvalue weighted by atomic mass is 16.5. The molecule has 0 spiro atoms. The molecule has 1 unspecified atom stereocenters. The van der Waals surface area contributed by atoms with Crippen LogP contribution in [-0.4, -0.2) is 50.0 Å². The minimum atomic E-state index is -0.963. The number of methoxy groups -OCH3 is 2. The number of aliphatic carboxylic acids is 1. The molecule has 1 aliphatic heterocycles. The largest absolute Gasteiger partial charge is 0.497 e. The molecule has 7 nitrogen and oxygen atoms in total. The van der Waals surface area contributed by atoms with Gasteiger partial charge in [0, 0.05) is 12.2 Å². The third-order valence-electron chi connectivity index (χ3n) is 3.84. The Kier molecular flexibility index (Phi) is 5.44. The second-order valence-electron chi connectivity index (χ2n) is 5.56. The van der Waals surface area contributed by atoms with Crippen LogP contribution in [0.1, 0.15) is 18.4 Å². The summed E-state index contributed by atoms with van der Waals surface area (Å²) in [5.74, 6) is -0.0352. The number of hydrogen-bond acceptors (Lipinski definition) is 5. The van der Waals surface area contributed by atoms with Crippen LogP contribution in [0.3, 0.4) is 0 Å². The minimum absolute atomic E-state index is 0.0712. The van der Waals surface area contributed by atoms with Crippen LogP contribution >= 0.6 is 0 Å². The maximum absolute atomic E-state index is 12.4. The van der Waals surface area contributed by atoms with Gasteiger partial charge in [-0.25, -0.2) is 0 Å². The summed E-state index contributed by atoms with van der Waals surface area (Å²) in [5, 5.41) is 11.9. The van der Waals surface area contributed by atoms with E-state index in [4.69, 9.17) is 19.3 Å². The molecule has 0 aliphatic carbocycles. The summed E-state index contributed by atoms with van der Waals surface area (Å²) >= 11 is 0. The molecule has 1 heterocycles. The van der Waals surface area contributed by atoms with Crippen LogP contribution in [0.5, 0.6) is 11.5 Å². The average molecular weight is 323 g/mol. The highest BCUT2D eigenvalue weighted by molar-refractivity contribution is 5.81. The summed E-state index contributed by atoms with van der Waals surface area (Å²) < 4.78 is 15.7. The number of amides is 1. The molecule has 1 atom stereocenters. The lowest BCUT2D eigenvalue weighted by atomic mass is 9.93. The van der Waals surface area contributed by atoms with Gasteiger partial charge < -0.3 is 24.6 Å². The predicted molar refractivity (Wildman–Crippen MR) is 81.8 cm³/mol. The van der Waals surface area contributed by atoms with Gasteiger partial charge in [-0.15, -0.1) is 0 Å². The van der Waals surface area contributed by atoms with Crippen molar-refractivity contribution in [1.82, 2.24) is 5.32 Å². The van der Waals surface area contributed by atoms with E-state index in [1.165, 1.54) is 7.11 Å². The molecule has 1 aromatic rings. The molecule has 1 amide bonds. The minimum Gasteiger partial charge on any atom is -0.497 e. The molecule has 126 valence electrons. The Morgan fingerprint density at radius 1 is 1.35 bits per heavy atom. The van der Waals surface area contributed by atoms with Gasteiger partial charge in [0.1, 0.15) is 11.5 Å². The van der Waals surface area contributed by atoms with Crippen LogP contribution < -0.4 is 14.8 Å². The molecule has 0 radical (unpaired) electrons. The van der Waals surface area contributed by atoms with Crippen LogP contribution in [0.15, 0.2) is 18.2 Å². The lowest BCUT2D eigenvalue weighted by Crippen LogP contribution is -2.51. The second kappa shape index (κ2) is 7.32. The van der Waals surface area contributed by atoms with E-state index >= 15 is 0 Å². The van der Waals surface area contributed by atoms with Crippen molar-refractivity contribution in [2.75, 3.05) is 27.4 Å². The molecule has 2 N–H and O–H groups in total. The number of ether oxygens (including phenoxy) is 3. The Morgan fingerprint density at radius 3 is 2.70 bits per heavy atom. The first-order valence-electron chi connectivity index (χ1n) is 7.29. The predicted octanol–water partition coefficient (Wildman–Crippen LogP) is 0.996. The Labute approximate surface area is 134 Å². The topological polar surface area (TPSA) is 94.1 Å². The number of carboxylic acid groups (broad SMARTS) is 1. The van der Waals surface area contributed by atoms with Gasteiger partial charge in [0.25, 0.3) is 0 Å². The summed E-state index contributed by atoms with van der Waals surface area (Å²) in [6, 6.07) is 5.21. The van der Waals surface area contributed by atoms with Gasteiger partial charge in [0.15, 0.2) is 0 Å². The van der Waals surface area contributed by atoms with E-state index in [2.05, 4.69) is 5.32 Å². The number of hydrogen-bond donors (Lipinski definition) is 2. The molecular formula is C16H21NO6. The monoisotopic (exact) mass is 323 g/mol.